The maximum absolute atomic E-state index is 12.2. The highest BCUT2D eigenvalue weighted by Crippen LogP contribution is 2.40. The fourth-order valence-corrected chi connectivity index (χ4v) is 2.12. The minimum Gasteiger partial charge on any atom is -0.360 e. The van der Waals surface area contributed by atoms with Gasteiger partial charge in [-0.25, -0.2) is 0 Å². The van der Waals surface area contributed by atoms with Crippen molar-refractivity contribution in [3.8, 4) is 0 Å². The molecule has 1 fully saturated rings. The number of amides is 2. The van der Waals surface area contributed by atoms with E-state index in [2.05, 4.69) is 15.8 Å². The first-order chi connectivity index (χ1) is 10.4. The topological polar surface area (TPSA) is 110 Å². The van der Waals surface area contributed by atoms with E-state index in [1.807, 2.05) is 13.8 Å². The molecule has 0 radical (unpaired) electrons. The second-order valence-corrected chi connectivity index (χ2v) is 6.37. The molecule has 7 nitrogen and oxygen atoms in total. The maximum atomic E-state index is 12.2. The molecule has 1 heterocycles. The van der Waals surface area contributed by atoms with Gasteiger partial charge in [-0.15, -0.1) is 0 Å². The molecule has 1 aliphatic carbocycles. The highest BCUT2D eigenvalue weighted by molar-refractivity contribution is 5.92. The smallest absolute Gasteiger partial charge is 0.273 e. The largest absolute Gasteiger partial charge is 0.360 e. The fraction of sp³-hybridized carbons (Fsp3) is 0.667. The summed E-state index contributed by atoms with van der Waals surface area (Å²) in [6.07, 6.45) is 3.13. The predicted molar refractivity (Wildman–Crippen MR) is 81.3 cm³/mol. The Hall–Kier alpha value is -1.89. The Morgan fingerprint density at radius 2 is 2.18 bits per heavy atom. The van der Waals surface area contributed by atoms with Gasteiger partial charge in [0.05, 0.1) is 0 Å². The number of nitrogens with two attached hydrogens (primary N) is 1. The quantitative estimate of drug-likeness (QED) is 0.661. The van der Waals surface area contributed by atoms with Crippen LogP contribution in [0.3, 0.4) is 0 Å². The zero-order valence-corrected chi connectivity index (χ0v) is 13.1. The summed E-state index contributed by atoms with van der Waals surface area (Å²) in [6.45, 7) is 4.63. The van der Waals surface area contributed by atoms with E-state index in [0.29, 0.717) is 37.5 Å². The van der Waals surface area contributed by atoms with Crippen LogP contribution in [0, 0.1) is 0 Å². The van der Waals surface area contributed by atoms with E-state index in [4.69, 9.17) is 10.3 Å². The minimum absolute atomic E-state index is 0.0739. The lowest BCUT2D eigenvalue weighted by molar-refractivity contribution is -0.120. The van der Waals surface area contributed by atoms with Crippen LogP contribution in [-0.2, 0) is 4.79 Å². The first-order valence-corrected chi connectivity index (χ1v) is 7.67. The van der Waals surface area contributed by atoms with Crippen molar-refractivity contribution >= 4 is 11.8 Å². The van der Waals surface area contributed by atoms with E-state index < -0.39 is 5.54 Å². The highest BCUT2D eigenvalue weighted by Gasteiger charge is 2.30. The Morgan fingerprint density at radius 1 is 1.45 bits per heavy atom. The molecule has 0 spiro atoms. The first kappa shape index (κ1) is 16.5. The van der Waals surface area contributed by atoms with Gasteiger partial charge in [0.15, 0.2) is 5.69 Å². The van der Waals surface area contributed by atoms with Gasteiger partial charge >= 0.3 is 0 Å². The summed E-state index contributed by atoms with van der Waals surface area (Å²) in [6, 6.07) is 1.71. The number of carbonyl (C=O) groups excluding carboxylic acids is 2. The van der Waals surface area contributed by atoms with E-state index in [9.17, 15) is 9.59 Å². The van der Waals surface area contributed by atoms with E-state index in [1.165, 1.54) is 0 Å². The van der Waals surface area contributed by atoms with Gasteiger partial charge in [-0.05, 0) is 33.1 Å². The lowest BCUT2D eigenvalue weighted by atomic mass is 10.0. The molecule has 22 heavy (non-hydrogen) atoms. The fourth-order valence-electron chi connectivity index (χ4n) is 2.12. The molecule has 2 rings (SSSR count). The third-order valence-corrected chi connectivity index (χ3v) is 3.64. The summed E-state index contributed by atoms with van der Waals surface area (Å²) >= 11 is 0. The van der Waals surface area contributed by atoms with E-state index in [-0.39, 0.29) is 11.8 Å². The third-order valence-electron chi connectivity index (χ3n) is 3.64. The van der Waals surface area contributed by atoms with Crippen molar-refractivity contribution < 1.29 is 14.1 Å². The van der Waals surface area contributed by atoms with Crippen LogP contribution in [-0.4, -0.2) is 35.6 Å². The van der Waals surface area contributed by atoms with Crippen LogP contribution in [0.2, 0.25) is 0 Å². The zero-order valence-electron chi connectivity index (χ0n) is 13.1. The first-order valence-electron chi connectivity index (χ1n) is 7.67. The predicted octanol–water partition coefficient (Wildman–Crippen LogP) is 0.916. The molecule has 0 aliphatic heterocycles. The molecule has 0 aromatic carbocycles. The lowest BCUT2D eigenvalue weighted by Gasteiger charge is -2.25. The van der Waals surface area contributed by atoms with E-state index in [0.717, 1.165) is 18.6 Å². The van der Waals surface area contributed by atoms with Crippen LogP contribution in [0.5, 0.6) is 0 Å². The number of aromatic nitrogens is 1. The normalized spacial score (nSPS) is 14.7. The van der Waals surface area contributed by atoms with Gasteiger partial charge in [0.2, 0.25) is 5.91 Å². The molecule has 1 saturated carbocycles. The van der Waals surface area contributed by atoms with Gasteiger partial charge in [-0.3, -0.25) is 9.59 Å². The van der Waals surface area contributed by atoms with Gasteiger partial charge in [0.25, 0.3) is 5.91 Å². The molecule has 1 aliphatic rings. The van der Waals surface area contributed by atoms with Gasteiger partial charge in [-0.2, -0.15) is 0 Å². The molecule has 122 valence electrons. The van der Waals surface area contributed by atoms with Crippen molar-refractivity contribution in [3.05, 3.63) is 17.5 Å². The van der Waals surface area contributed by atoms with Crippen molar-refractivity contribution in [1.82, 2.24) is 15.8 Å². The molecule has 2 amide bonds. The summed E-state index contributed by atoms with van der Waals surface area (Å²) in [4.78, 5) is 23.5. The Bertz CT molecular complexity index is 535. The summed E-state index contributed by atoms with van der Waals surface area (Å²) in [7, 11) is 0. The van der Waals surface area contributed by atoms with Crippen molar-refractivity contribution in [3.63, 3.8) is 0 Å². The van der Waals surface area contributed by atoms with Crippen LogP contribution >= 0.6 is 0 Å². The van der Waals surface area contributed by atoms with Crippen molar-refractivity contribution in [2.75, 3.05) is 13.1 Å². The number of hydrogen-bond acceptors (Lipinski definition) is 5. The van der Waals surface area contributed by atoms with Gasteiger partial charge in [0.1, 0.15) is 5.76 Å². The number of nitrogens with one attached hydrogen (secondary N) is 2. The highest BCUT2D eigenvalue weighted by atomic mass is 16.5. The minimum atomic E-state index is -0.453. The standard InChI is InChI=1S/C15H24N4O3/c1-15(2,6-8-17-13(20)5-7-16)18-14(21)11-9-12(22-19-11)10-3-4-10/h9-10H,3-8,16H2,1-2H3,(H,17,20)(H,18,21). The van der Waals surface area contributed by atoms with Gasteiger partial charge < -0.3 is 20.9 Å². The Labute approximate surface area is 130 Å². The summed E-state index contributed by atoms with van der Waals surface area (Å²) in [5.74, 6) is 0.890. The summed E-state index contributed by atoms with van der Waals surface area (Å²) < 4.78 is 5.18. The molecule has 0 unspecified atom stereocenters. The monoisotopic (exact) mass is 308 g/mol. The van der Waals surface area contributed by atoms with E-state index >= 15 is 0 Å². The number of carbonyl (C=O) groups is 2. The average molecular weight is 308 g/mol. The Balaban J connectivity index is 1.79. The van der Waals surface area contributed by atoms with Gasteiger partial charge in [0, 0.05) is 37.0 Å². The lowest BCUT2D eigenvalue weighted by Crippen LogP contribution is -2.45. The number of hydrogen-bond donors (Lipinski definition) is 3. The SMILES string of the molecule is CC(C)(CCNC(=O)CCN)NC(=O)c1cc(C2CC2)on1. The Kier molecular flexibility index (Phi) is 5.18. The molecule has 0 bridgehead atoms. The van der Waals surface area contributed by atoms with Crippen LogP contribution in [0.4, 0.5) is 0 Å². The molecule has 0 saturated heterocycles. The molecule has 1 aromatic heterocycles. The van der Waals surface area contributed by atoms with Crippen molar-refractivity contribution in [1.29, 1.82) is 0 Å². The van der Waals surface area contributed by atoms with Gasteiger partial charge in [-0.1, -0.05) is 5.16 Å². The molecule has 1 aromatic rings. The Morgan fingerprint density at radius 3 is 2.82 bits per heavy atom. The maximum Gasteiger partial charge on any atom is 0.273 e. The summed E-state index contributed by atoms with van der Waals surface area (Å²) in [5.41, 5.74) is 5.17. The molecule has 0 atom stereocenters. The third kappa shape index (κ3) is 4.84. The second-order valence-electron chi connectivity index (χ2n) is 6.37. The molecule has 7 heteroatoms. The van der Waals surface area contributed by atoms with Crippen LogP contribution in [0.15, 0.2) is 10.6 Å². The molecule has 4 N–H and O–H groups in total. The van der Waals surface area contributed by atoms with Crippen LogP contribution in [0.25, 0.3) is 0 Å². The number of nitrogens with zero attached hydrogens (tertiary/aromatic N) is 1. The second kappa shape index (κ2) is 6.91. The van der Waals surface area contributed by atoms with Crippen molar-refractivity contribution in [2.45, 2.75) is 51.0 Å². The summed E-state index contributed by atoms with van der Waals surface area (Å²) in [5, 5.41) is 9.51. The van der Waals surface area contributed by atoms with Crippen LogP contribution in [0.1, 0.15) is 61.7 Å². The van der Waals surface area contributed by atoms with Crippen molar-refractivity contribution in [2.24, 2.45) is 5.73 Å². The zero-order chi connectivity index (χ0) is 16.2. The molecular weight excluding hydrogens is 284 g/mol. The molecular formula is C15H24N4O3. The van der Waals surface area contributed by atoms with Crippen LogP contribution < -0.4 is 16.4 Å². The number of rotatable bonds is 8. The average Bonchev–Trinajstić information content (AvgIpc) is 3.15. The van der Waals surface area contributed by atoms with E-state index in [1.54, 1.807) is 6.07 Å².